The van der Waals surface area contributed by atoms with E-state index in [1.807, 2.05) is 13.0 Å². The fourth-order valence-electron chi connectivity index (χ4n) is 2.81. The van der Waals surface area contributed by atoms with Crippen molar-refractivity contribution in [3.05, 3.63) is 30.0 Å². The molecule has 0 amide bonds. The molecule has 0 unspecified atom stereocenters. The molecule has 122 valence electrons. The first kappa shape index (κ1) is 16.3. The minimum absolute atomic E-state index is 0.362. The average molecular weight is 313 g/mol. The summed E-state index contributed by atoms with van der Waals surface area (Å²) in [5.74, 6) is 0.783. The number of ether oxygens (including phenoxy) is 1. The van der Waals surface area contributed by atoms with E-state index in [9.17, 15) is 0 Å². The number of aryl methyl sites for hydroxylation is 1. The van der Waals surface area contributed by atoms with Gasteiger partial charge < -0.3 is 14.0 Å². The molecule has 4 nitrogen and oxygen atoms in total. The second-order valence-electron chi connectivity index (χ2n) is 7.12. The Morgan fingerprint density at radius 3 is 2.35 bits per heavy atom. The number of hydrogen-bond donors (Lipinski definition) is 0. The van der Waals surface area contributed by atoms with Gasteiger partial charge in [0.15, 0.2) is 0 Å². The maximum absolute atomic E-state index is 6.20. The third kappa shape index (κ3) is 2.84. The van der Waals surface area contributed by atoms with E-state index in [-0.39, 0.29) is 11.2 Å². The summed E-state index contributed by atoms with van der Waals surface area (Å²) < 4.78 is 18.0. The zero-order valence-electron chi connectivity index (χ0n) is 14.8. The van der Waals surface area contributed by atoms with Crippen LogP contribution < -0.4 is 10.2 Å². The molecular weight excluding hydrogens is 289 g/mol. The highest BCUT2D eigenvalue weighted by molar-refractivity contribution is 6.65. The molecule has 1 saturated heterocycles. The van der Waals surface area contributed by atoms with Crippen molar-refractivity contribution in [2.75, 3.05) is 6.61 Å². The van der Waals surface area contributed by atoms with Crippen molar-refractivity contribution in [1.82, 2.24) is 4.98 Å². The molecule has 0 spiro atoms. The van der Waals surface area contributed by atoms with Crippen LogP contribution in [0.15, 0.2) is 24.4 Å². The standard InChI is InChI=1S/C18H24BNO3/c1-7-21-14-10-13-8-12(2)9-15(16(13)20-11-14)19-22-17(3,4)18(5,6)23-19/h8-11H,7H2,1-6H3. The van der Waals surface area contributed by atoms with E-state index in [1.165, 1.54) is 0 Å². The van der Waals surface area contributed by atoms with Gasteiger partial charge in [-0.3, -0.25) is 4.98 Å². The summed E-state index contributed by atoms with van der Waals surface area (Å²) in [5, 5.41) is 1.04. The average Bonchev–Trinajstić information content (AvgIpc) is 2.66. The number of aromatic nitrogens is 1. The van der Waals surface area contributed by atoms with Crippen LogP contribution in [0.1, 0.15) is 40.2 Å². The van der Waals surface area contributed by atoms with Gasteiger partial charge in [0, 0.05) is 10.8 Å². The van der Waals surface area contributed by atoms with Gasteiger partial charge in [-0.25, -0.2) is 0 Å². The van der Waals surface area contributed by atoms with Crippen molar-refractivity contribution in [1.29, 1.82) is 0 Å². The Labute approximate surface area is 138 Å². The van der Waals surface area contributed by atoms with Crippen LogP contribution in [0.5, 0.6) is 5.75 Å². The molecule has 23 heavy (non-hydrogen) atoms. The first-order chi connectivity index (χ1) is 10.7. The predicted octanol–water partition coefficient (Wildman–Crippen LogP) is 3.24. The lowest BCUT2D eigenvalue weighted by molar-refractivity contribution is 0.00578. The van der Waals surface area contributed by atoms with Gasteiger partial charge in [-0.05, 0) is 53.7 Å². The molecule has 0 bridgehead atoms. The topological polar surface area (TPSA) is 40.6 Å². The monoisotopic (exact) mass is 313 g/mol. The molecule has 1 aromatic carbocycles. The van der Waals surface area contributed by atoms with Gasteiger partial charge in [-0.2, -0.15) is 0 Å². The minimum Gasteiger partial charge on any atom is -0.492 e. The second kappa shape index (κ2) is 5.50. The molecule has 0 radical (unpaired) electrons. The molecule has 2 heterocycles. The smallest absolute Gasteiger partial charge is 0.492 e. The Morgan fingerprint density at radius 1 is 1.09 bits per heavy atom. The van der Waals surface area contributed by atoms with Gasteiger partial charge in [-0.1, -0.05) is 11.6 Å². The summed E-state index contributed by atoms with van der Waals surface area (Å²) in [4.78, 5) is 4.60. The lowest BCUT2D eigenvalue weighted by Gasteiger charge is -2.32. The van der Waals surface area contributed by atoms with E-state index < -0.39 is 7.12 Å². The van der Waals surface area contributed by atoms with E-state index in [0.717, 1.165) is 27.7 Å². The summed E-state index contributed by atoms with van der Waals surface area (Å²) in [6, 6.07) is 6.23. The van der Waals surface area contributed by atoms with Crippen LogP contribution in [-0.2, 0) is 9.31 Å². The number of nitrogens with zero attached hydrogens (tertiary/aromatic N) is 1. The van der Waals surface area contributed by atoms with Crippen molar-refractivity contribution in [3.63, 3.8) is 0 Å². The van der Waals surface area contributed by atoms with Crippen LogP contribution in [0, 0.1) is 6.92 Å². The Hall–Kier alpha value is -1.59. The molecule has 1 aliphatic heterocycles. The van der Waals surface area contributed by atoms with Gasteiger partial charge in [0.2, 0.25) is 0 Å². The Balaban J connectivity index is 2.08. The molecule has 1 aliphatic rings. The number of rotatable bonds is 3. The quantitative estimate of drug-likeness (QED) is 0.816. The Bertz CT molecular complexity index is 726. The summed E-state index contributed by atoms with van der Waals surface area (Å²) in [5.41, 5.74) is 2.30. The van der Waals surface area contributed by atoms with Crippen molar-refractivity contribution in [2.45, 2.75) is 52.7 Å². The largest absolute Gasteiger partial charge is 0.497 e. The third-order valence-electron chi connectivity index (χ3n) is 4.75. The first-order valence-corrected chi connectivity index (χ1v) is 8.12. The second-order valence-corrected chi connectivity index (χ2v) is 7.12. The summed E-state index contributed by atoms with van der Waals surface area (Å²) >= 11 is 0. The third-order valence-corrected chi connectivity index (χ3v) is 4.75. The van der Waals surface area contributed by atoms with Gasteiger partial charge in [-0.15, -0.1) is 0 Å². The van der Waals surface area contributed by atoms with Gasteiger partial charge >= 0.3 is 7.12 Å². The lowest BCUT2D eigenvalue weighted by atomic mass is 9.77. The van der Waals surface area contributed by atoms with Crippen LogP contribution >= 0.6 is 0 Å². The van der Waals surface area contributed by atoms with E-state index in [0.29, 0.717) is 6.61 Å². The number of benzene rings is 1. The zero-order chi connectivity index (χ0) is 16.8. The van der Waals surface area contributed by atoms with Crippen LogP contribution in [0.4, 0.5) is 0 Å². The zero-order valence-corrected chi connectivity index (χ0v) is 14.8. The fraction of sp³-hybridized carbons (Fsp3) is 0.500. The highest BCUT2D eigenvalue weighted by Gasteiger charge is 2.52. The van der Waals surface area contributed by atoms with Crippen molar-refractivity contribution >= 4 is 23.5 Å². The summed E-state index contributed by atoms with van der Waals surface area (Å²) in [6.45, 7) is 12.9. The molecule has 1 fully saturated rings. The van der Waals surface area contributed by atoms with Crippen LogP contribution in [0.3, 0.4) is 0 Å². The predicted molar refractivity (Wildman–Crippen MR) is 93.4 cm³/mol. The number of pyridine rings is 1. The van der Waals surface area contributed by atoms with Gasteiger partial charge in [0.25, 0.3) is 0 Å². The van der Waals surface area contributed by atoms with E-state index in [1.54, 1.807) is 6.20 Å². The number of fused-ring (bicyclic) bond motifs is 1. The van der Waals surface area contributed by atoms with Gasteiger partial charge in [0.1, 0.15) is 5.75 Å². The molecular formula is C18H24BNO3. The molecule has 0 atom stereocenters. The maximum Gasteiger partial charge on any atom is 0.497 e. The van der Waals surface area contributed by atoms with Crippen LogP contribution in [-0.4, -0.2) is 29.9 Å². The highest BCUT2D eigenvalue weighted by atomic mass is 16.7. The van der Waals surface area contributed by atoms with Crippen LogP contribution in [0.25, 0.3) is 10.9 Å². The summed E-state index contributed by atoms with van der Waals surface area (Å²) in [6.07, 6.45) is 1.76. The normalized spacial score (nSPS) is 19.3. The summed E-state index contributed by atoms with van der Waals surface area (Å²) in [7, 11) is -0.409. The van der Waals surface area contributed by atoms with Crippen molar-refractivity contribution in [2.24, 2.45) is 0 Å². The molecule has 0 saturated carbocycles. The molecule has 1 aromatic heterocycles. The highest BCUT2D eigenvalue weighted by Crippen LogP contribution is 2.37. The van der Waals surface area contributed by atoms with Gasteiger partial charge in [0.05, 0.1) is 29.5 Å². The van der Waals surface area contributed by atoms with Crippen LogP contribution in [0.2, 0.25) is 0 Å². The molecule has 5 heteroatoms. The Kier molecular flexibility index (Phi) is 3.89. The molecule has 0 aliphatic carbocycles. The SMILES string of the molecule is CCOc1cnc2c(B3OC(C)(C)C(C)(C)O3)cc(C)cc2c1. The van der Waals surface area contributed by atoms with E-state index in [4.69, 9.17) is 14.0 Å². The van der Waals surface area contributed by atoms with E-state index in [2.05, 4.69) is 51.7 Å². The van der Waals surface area contributed by atoms with Crippen molar-refractivity contribution < 1.29 is 14.0 Å². The number of hydrogen-bond acceptors (Lipinski definition) is 4. The van der Waals surface area contributed by atoms with Crippen molar-refractivity contribution in [3.8, 4) is 5.75 Å². The van der Waals surface area contributed by atoms with E-state index >= 15 is 0 Å². The maximum atomic E-state index is 6.20. The minimum atomic E-state index is -0.409. The lowest BCUT2D eigenvalue weighted by Crippen LogP contribution is -2.41. The molecule has 3 rings (SSSR count). The molecule has 2 aromatic rings. The molecule has 0 N–H and O–H groups in total. The first-order valence-electron chi connectivity index (χ1n) is 8.12. The Morgan fingerprint density at radius 2 is 1.74 bits per heavy atom. The fourth-order valence-corrected chi connectivity index (χ4v) is 2.81.